The van der Waals surface area contributed by atoms with Crippen LogP contribution in [0.25, 0.3) is 0 Å². The van der Waals surface area contributed by atoms with E-state index in [1.54, 1.807) is 6.08 Å². The molecule has 0 aromatic rings. The number of ether oxygens (including phenoxy) is 2. The van der Waals surface area contributed by atoms with Crippen molar-refractivity contribution in [1.82, 2.24) is 5.32 Å². The lowest BCUT2D eigenvalue weighted by molar-refractivity contribution is -0.302. The SMILES string of the molecule is CCCCCCCCCCCCC/C=C/CC/C=C/CC/C=C/C(O)C(COC1OC(CO)C(O)C(O)C1O)NC(=O)CCCCCCCCCCCCCCCCCCCCCCCCCCCCCCCCCCC. The fourth-order valence-electron chi connectivity index (χ4n) is 10.9. The molecular weight excluding hydrogens is 959 g/mol. The Labute approximate surface area is 476 Å². The Morgan fingerprint density at radius 3 is 1.09 bits per heavy atom. The van der Waals surface area contributed by atoms with E-state index in [1.807, 2.05) is 6.08 Å². The second kappa shape index (κ2) is 57.6. The number of aliphatic hydroxyl groups is 5. The predicted octanol–water partition coefficient (Wildman–Crippen LogP) is 17.9. The van der Waals surface area contributed by atoms with Gasteiger partial charge in [-0.15, -0.1) is 0 Å². The van der Waals surface area contributed by atoms with E-state index in [0.29, 0.717) is 6.42 Å². The zero-order chi connectivity index (χ0) is 55.8. The first kappa shape index (κ1) is 73.4. The van der Waals surface area contributed by atoms with E-state index in [4.69, 9.17) is 9.47 Å². The first-order valence-corrected chi connectivity index (χ1v) is 33.7. The maximum atomic E-state index is 13.1. The van der Waals surface area contributed by atoms with Gasteiger partial charge in [-0.25, -0.2) is 0 Å². The van der Waals surface area contributed by atoms with Gasteiger partial charge in [0.25, 0.3) is 0 Å². The van der Waals surface area contributed by atoms with E-state index in [2.05, 4.69) is 43.5 Å². The summed E-state index contributed by atoms with van der Waals surface area (Å²) in [7, 11) is 0. The maximum Gasteiger partial charge on any atom is 0.220 e. The zero-order valence-electron chi connectivity index (χ0n) is 50.7. The Bertz CT molecular complexity index is 1310. The van der Waals surface area contributed by atoms with Gasteiger partial charge in [0.15, 0.2) is 6.29 Å². The summed E-state index contributed by atoms with van der Waals surface area (Å²) in [5.74, 6) is -0.184. The second-order valence-corrected chi connectivity index (χ2v) is 23.6. The molecule has 1 fully saturated rings. The van der Waals surface area contributed by atoms with Gasteiger partial charge in [0.05, 0.1) is 25.4 Å². The third kappa shape index (κ3) is 46.7. The number of rotatable bonds is 59. The van der Waals surface area contributed by atoms with Gasteiger partial charge < -0.3 is 40.3 Å². The van der Waals surface area contributed by atoms with Crippen LogP contribution in [0.3, 0.4) is 0 Å². The van der Waals surface area contributed by atoms with E-state index < -0.39 is 49.5 Å². The van der Waals surface area contributed by atoms with Gasteiger partial charge in [0.1, 0.15) is 24.4 Å². The van der Waals surface area contributed by atoms with Crippen molar-refractivity contribution in [3.05, 3.63) is 36.5 Å². The number of hydrogen-bond donors (Lipinski definition) is 6. The summed E-state index contributed by atoms with van der Waals surface area (Å²) < 4.78 is 11.3. The summed E-state index contributed by atoms with van der Waals surface area (Å²) in [4.78, 5) is 13.1. The minimum atomic E-state index is -1.57. The maximum absolute atomic E-state index is 13.1. The van der Waals surface area contributed by atoms with Crippen molar-refractivity contribution >= 4 is 5.91 Å². The summed E-state index contributed by atoms with van der Waals surface area (Å²) >= 11 is 0. The molecule has 0 aromatic carbocycles. The van der Waals surface area contributed by atoms with Crippen molar-refractivity contribution in [1.29, 1.82) is 0 Å². The van der Waals surface area contributed by atoms with Crippen LogP contribution in [-0.4, -0.2) is 87.5 Å². The smallest absolute Gasteiger partial charge is 0.220 e. The molecular formula is C68H129NO8. The largest absolute Gasteiger partial charge is 0.394 e. The molecule has 0 saturated carbocycles. The molecule has 9 heteroatoms. The molecule has 6 N–H and O–H groups in total. The summed E-state index contributed by atoms with van der Waals surface area (Å²) in [6, 6.07) is -0.827. The molecule has 1 aliphatic heterocycles. The van der Waals surface area contributed by atoms with Crippen molar-refractivity contribution in [2.45, 2.75) is 378 Å². The van der Waals surface area contributed by atoms with E-state index in [1.165, 1.54) is 270 Å². The minimum absolute atomic E-state index is 0.184. The fraction of sp³-hybridized carbons (Fsp3) is 0.897. The molecule has 9 nitrogen and oxygen atoms in total. The highest BCUT2D eigenvalue weighted by molar-refractivity contribution is 5.76. The highest BCUT2D eigenvalue weighted by Crippen LogP contribution is 2.23. The van der Waals surface area contributed by atoms with Crippen LogP contribution < -0.4 is 5.32 Å². The molecule has 1 rings (SSSR count). The minimum Gasteiger partial charge on any atom is -0.394 e. The first-order valence-electron chi connectivity index (χ1n) is 33.7. The number of hydrogen-bond acceptors (Lipinski definition) is 8. The number of allylic oxidation sites excluding steroid dienone is 5. The molecule has 454 valence electrons. The van der Waals surface area contributed by atoms with Crippen molar-refractivity contribution in [3.8, 4) is 0 Å². The summed E-state index contributed by atoms with van der Waals surface area (Å²) in [5, 5.41) is 54.6. The molecule has 0 radical (unpaired) electrons. The molecule has 7 unspecified atom stereocenters. The zero-order valence-corrected chi connectivity index (χ0v) is 50.7. The molecule has 1 aliphatic rings. The second-order valence-electron chi connectivity index (χ2n) is 23.6. The van der Waals surface area contributed by atoms with Crippen LogP contribution in [0.2, 0.25) is 0 Å². The number of aliphatic hydroxyl groups excluding tert-OH is 5. The molecule has 0 aromatic heterocycles. The van der Waals surface area contributed by atoms with Crippen molar-refractivity contribution in [2.75, 3.05) is 13.2 Å². The van der Waals surface area contributed by atoms with Crippen LogP contribution in [-0.2, 0) is 14.3 Å². The number of nitrogens with one attached hydrogen (secondary N) is 1. The topological polar surface area (TPSA) is 149 Å². The lowest BCUT2D eigenvalue weighted by Crippen LogP contribution is -2.60. The van der Waals surface area contributed by atoms with Gasteiger partial charge in [0, 0.05) is 6.42 Å². The van der Waals surface area contributed by atoms with E-state index in [0.717, 1.165) is 44.9 Å². The van der Waals surface area contributed by atoms with E-state index in [9.17, 15) is 30.3 Å². The summed E-state index contributed by atoms with van der Waals surface area (Å²) in [6.07, 6.45) is 69.7. The van der Waals surface area contributed by atoms with Crippen LogP contribution in [0.5, 0.6) is 0 Å². The Hall–Kier alpha value is -1.59. The Balaban J connectivity index is 2.13. The first-order chi connectivity index (χ1) is 37.8. The summed E-state index contributed by atoms with van der Waals surface area (Å²) in [6.45, 7) is 3.80. The van der Waals surface area contributed by atoms with Crippen LogP contribution in [0, 0.1) is 0 Å². The van der Waals surface area contributed by atoms with Gasteiger partial charge in [-0.05, 0) is 44.9 Å². The molecule has 7 atom stereocenters. The highest BCUT2D eigenvalue weighted by atomic mass is 16.7. The number of carbonyl (C=O) groups is 1. The Kier molecular flexibility index (Phi) is 55.0. The van der Waals surface area contributed by atoms with Crippen LogP contribution in [0.1, 0.15) is 335 Å². The van der Waals surface area contributed by atoms with Gasteiger partial charge in [-0.3, -0.25) is 4.79 Å². The van der Waals surface area contributed by atoms with Crippen molar-refractivity contribution in [2.24, 2.45) is 0 Å². The normalized spacial score (nSPS) is 18.9. The van der Waals surface area contributed by atoms with Gasteiger partial charge >= 0.3 is 0 Å². The average molecular weight is 1090 g/mol. The van der Waals surface area contributed by atoms with E-state index >= 15 is 0 Å². The lowest BCUT2D eigenvalue weighted by atomic mass is 9.99. The highest BCUT2D eigenvalue weighted by Gasteiger charge is 2.44. The fourth-order valence-corrected chi connectivity index (χ4v) is 10.9. The number of amides is 1. The van der Waals surface area contributed by atoms with Crippen LogP contribution >= 0.6 is 0 Å². The number of carbonyl (C=O) groups excluding carboxylic acids is 1. The Morgan fingerprint density at radius 2 is 0.740 bits per heavy atom. The molecule has 0 aliphatic carbocycles. The number of unbranched alkanes of at least 4 members (excludes halogenated alkanes) is 45. The third-order valence-electron chi connectivity index (χ3n) is 16.2. The predicted molar refractivity (Wildman–Crippen MR) is 327 cm³/mol. The van der Waals surface area contributed by atoms with Gasteiger partial charge in [0.2, 0.25) is 5.91 Å². The Morgan fingerprint density at radius 1 is 0.429 bits per heavy atom. The lowest BCUT2D eigenvalue weighted by Gasteiger charge is -2.40. The summed E-state index contributed by atoms with van der Waals surface area (Å²) in [5.41, 5.74) is 0. The molecule has 77 heavy (non-hydrogen) atoms. The van der Waals surface area contributed by atoms with Crippen molar-refractivity contribution in [3.63, 3.8) is 0 Å². The van der Waals surface area contributed by atoms with E-state index in [-0.39, 0.29) is 12.5 Å². The molecule has 0 spiro atoms. The van der Waals surface area contributed by atoms with Crippen LogP contribution in [0.4, 0.5) is 0 Å². The quantitative estimate of drug-likeness (QED) is 0.0261. The van der Waals surface area contributed by atoms with Crippen LogP contribution in [0.15, 0.2) is 36.5 Å². The van der Waals surface area contributed by atoms with Gasteiger partial charge in [-0.2, -0.15) is 0 Å². The average Bonchev–Trinajstić information content (AvgIpc) is 3.43. The van der Waals surface area contributed by atoms with Gasteiger partial charge in [-0.1, -0.05) is 320 Å². The molecule has 0 bridgehead atoms. The molecule has 1 heterocycles. The molecule has 1 saturated heterocycles. The third-order valence-corrected chi connectivity index (χ3v) is 16.2. The monoisotopic (exact) mass is 1090 g/mol. The molecule has 1 amide bonds. The standard InChI is InChI=1S/C68H129NO8/c1-3-5-7-9-11-13-15-17-19-21-23-25-26-27-28-29-30-31-32-33-34-35-36-38-40-42-44-46-48-50-52-54-56-58-64(72)69-61(60-76-68-67(75)66(74)65(73)63(59-70)77-68)62(71)57-55-53-51-49-47-45-43-41-39-37-24-22-20-18-16-14-12-10-8-6-4-2/h39,41,47,49,55,57,61-63,65-68,70-71,73-75H,3-38,40,42-46,48,50-54,56,58-60H2,1-2H3,(H,69,72)/b41-39+,49-47+,57-55+. The van der Waals surface area contributed by atoms with Crippen molar-refractivity contribution < 1.29 is 39.8 Å².